The first-order valence-corrected chi connectivity index (χ1v) is 7.11. The molecule has 0 aliphatic heterocycles. The molecule has 0 spiro atoms. The Labute approximate surface area is 100 Å². The summed E-state index contributed by atoms with van der Waals surface area (Å²) in [5.74, 6) is 2.65. The van der Waals surface area contributed by atoms with Crippen LogP contribution in [0, 0.1) is 17.8 Å². The van der Waals surface area contributed by atoms with E-state index in [0.29, 0.717) is 0 Å². The highest BCUT2D eigenvalue weighted by Crippen LogP contribution is 2.37. The Hall–Kier alpha value is -0.0800. The average molecular weight is 224 g/mol. The molecule has 0 saturated heterocycles. The monoisotopic (exact) mass is 224 g/mol. The molecular weight excluding hydrogens is 196 g/mol. The topological polar surface area (TPSA) is 38.0 Å². The molecule has 0 aromatic heterocycles. The highest BCUT2D eigenvalue weighted by molar-refractivity contribution is 4.97. The second-order valence-corrected chi connectivity index (χ2v) is 6.30. The second-order valence-electron chi connectivity index (χ2n) is 6.30. The van der Waals surface area contributed by atoms with E-state index in [4.69, 9.17) is 5.73 Å². The largest absolute Gasteiger partial charge is 0.329 e. The molecule has 2 heteroatoms. The smallest absolute Gasteiger partial charge is 0.0329 e. The summed E-state index contributed by atoms with van der Waals surface area (Å²) in [6.07, 6.45) is 8.25. The van der Waals surface area contributed by atoms with Crippen LogP contribution in [0.25, 0.3) is 0 Å². The summed E-state index contributed by atoms with van der Waals surface area (Å²) in [7, 11) is 0. The maximum Gasteiger partial charge on any atom is 0.0329 e. The molecule has 2 rings (SSSR count). The van der Waals surface area contributed by atoms with Gasteiger partial charge in [0.2, 0.25) is 0 Å². The van der Waals surface area contributed by atoms with Crippen molar-refractivity contribution < 1.29 is 0 Å². The summed E-state index contributed by atoms with van der Waals surface area (Å²) in [5, 5.41) is 3.80. The Kier molecular flexibility index (Phi) is 3.91. The van der Waals surface area contributed by atoms with E-state index in [9.17, 15) is 0 Å². The molecule has 2 fully saturated rings. The molecule has 94 valence electrons. The molecule has 2 nitrogen and oxygen atoms in total. The maximum absolute atomic E-state index is 6.04. The molecule has 3 unspecified atom stereocenters. The molecular formula is C14H28N2. The Morgan fingerprint density at radius 2 is 2.00 bits per heavy atom. The van der Waals surface area contributed by atoms with E-state index < -0.39 is 0 Å². The number of hydrogen-bond donors (Lipinski definition) is 2. The molecule has 2 saturated carbocycles. The summed E-state index contributed by atoms with van der Waals surface area (Å²) in [6.45, 7) is 6.75. The molecule has 0 heterocycles. The van der Waals surface area contributed by atoms with Gasteiger partial charge in [0, 0.05) is 12.1 Å². The zero-order chi connectivity index (χ0) is 11.6. The van der Waals surface area contributed by atoms with Gasteiger partial charge in [0.25, 0.3) is 0 Å². The summed E-state index contributed by atoms with van der Waals surface area (Å²) < 4.78 is 0. The fourth-order valence-electron chi connectivity index (χ4n) is 3.27. The van der Waals surface area contributed by atoms with Crippen LogP contribution in [0.2, 0.25) is 0 Å². The van der Waals surface area contributed by atoms with Crippen LogP contribution in [-0.2, 0) is 0 Å². The van der Waals surface area contributed by atoms with E-state index in [-0.39, 0.29) is 5.54 Å². The molecule has 16 heavy (non-hydrogen) atoms. The molecule has 0 bridgehead atoms. The Morgan fingerprint density at radius 1 is 1.25 bits per heavy atom. The van der Waals surface area contributed by atoms with Crippen LogP contribution < -0.4 is 11.1 Å². The van der Waals surface area contributed by atoms with Crippen LogP contribution in [0.15, 0.2) is 0 Å². The molecule has 0 aromatic rings. The zero-order valence-electron chi connectivity index (χ0n) is 11.0. The van der Waals surface area contributed by atoms with Crippen molar-refractivity contribution in [1.29, 1.82) is 0 Å². The fourth-order valence-corrected chi connectivity index (χ4v) is 3.27. The van der Waals surface area contributed by atoms with Crippen molar-refractivity contribution in [3.05, 3.63) is 0 Å². The lowest BCUT2D eigenvalue weighted by atomic mass is 9.70. The normalized spacial score (nSPS) is 39.9. The molecule has 0 amide bonds. The van der Waals surface area contributed by atoms with Gasteiger partial charge in [-0.25, -0.2) is 0 Å². The lowest BCUT2D eigenvalue weighted by Gasteiger charge is -2.45. The highest BCUT2D eigenvalue weighted by Gasteiger charge is 2.38. The highest BCUT2D eigenvalue weighted by atomic mass is 15.0. The second kappa shape index (κ2) is 5.05. The van der Waals surface area contributed by atoms with Gasteiger partial charge in [-0.2, -0.15) is 0 Å². The summed E-state index contributed by atoms with van der Waals surface area (Å²) in [6, 6.07) is 0. The van der Waals surface area contributed by atoms with Gasteiger partial charge in [-0.3, -0.25) is 0 Å². The number of nitrogens with two attached hydrogens (primary N) is 1. The van der Waals surface area contributed by atoms with Gasteiger partial charge in [0.15, 0.2) is 0 Å². The SMILES string of the molecule is CC1CCC(CN)(NCCC2CC2)C(C)C1. The van der Waals surface area contributed by atoms with Crippen molar-refractivity contribution in [2.24, 2.45) is 23.5 Å². The minimum Gasteiger partial charge on any atom is -0.329 e. The summed E-state index contributed by atoms with van der Waals surface area (Å²) >= 11 is 0. The van der Waals surface area contributed by atoms with E-state index in [0.717, 1.165) is 24.3 Å². The molecule has 2 aliphatic carbocycles. The number of nitrogens with one attached hydrogen (secondary N) is 1. The Morgan fingerprint density at radius 3 is 2.56 bits per heavy atom. The Balaban J connectivity index is 1.83. The predicted octanol–water partition coefficient (Wildman–Crippen LogP) is 2.53. The number of rotatable bonds is 5. The van der Waals surface area contributed by atoms with Crippen LogP contribution in [0.4, 0.5) is 0 Å². The van der Waals surface area contributed by atoms with E-state index in [1.165, 1.54) is 45.1 Å². The first-order valence-electron chi connectivity index (χ1n) is 7.11. The van der Waals surface area contributed by atoms with Crippen molar-refractivity contribution in [2.45, 2.75) is 57.9 Å². The first kappa shape index (κ1) is 12.4. The number of hydrogen-bond acceptors (Lipinski definition) is 2. The standard InChI is InChI=1S/C14H28N2/c1-11-5-7-14(10-15,12(2)9-11)16-8-6-13-3-4-13/h11-13,16H,3-10,15H2,1-2H3. The van der Waals surface area contributed by atoms with E-state index in [2.05, 4.69) is 19.2 Å². The van der Waals surface area contributed by atoms with Crippen LogP contribution in [0.3, 0.4) is 0 Å². The van der Waals surface area contributed by atoms with Crippen molar-refractivity contribution >= 4 is 0 Å². The fraction of sp³-hybridized carbons (Fsp3) is 1.00. The lowest BCUT2D eigenvalue weighted by Crippen LogP contribution is -2.58. The first-order chi connectivity index (χ1) is 7.66. The van der Waals surface area contributed by atoms with Crippen LogP contribution >= 0.6 is 0 Å². The minimum atomic E-state index is 0.251. The van der Waals surface area contributed by atoms with Gasteiger partial charge in [-0.1, -0.05) is 26.7 Å². The van der Waals surface area contributed by atoms with Gasteiger partial charge < -0.3 is 11.1 Å². The van der Waals surface area contributed by atoms with E-state index >= 15 is 0 Å². The maximum atomic E-state index is 6.04. The third-order valence-corrected chi connectivity index (χ3v) is 4.87. The van der Waals surface area contributed by atoms with E-state index in [1.807, 2.05) is 0 Å². The van der Waals surface area contributed by atoms with Crippen molar-refractivity contribution in [3.63, 3.8) is 0 Å². The zero-order valence-corrected chi connectivity index (χ0v) is 11.0. The summed E-state index contributed by atoms with van der Waals surface area (Å²) in [4.78, 5) is 0. The average Bonchev–Trinajstić information content (AvgIpc) is 3.06. The van der Waals surface area contributed by atoms with Gasteiger partial charge in [-0.05, 0) is 50.0 Å². The van der Waals surface area contributed by atoms with E-state index in [1.54, 1.807) is 0 Å². The van der Waals surface area contributed by atoms with Crippen molar-refractivity contribution in [1.82, 2.24) is 5.32 Å². The van der Waals surface area contributed by atoms with Gasteiger partial charge in [0.1, 0.15) is 0 Å². The molecule has 0 aromatic carbocycles. The van der Waals surface area contributed by atoms with Crippen molar-refractivity contribution in [3.8, 4) is 0 Å². The molecule has 0 radical (unpaired) electrons. The van der Waals surface area contributed by atoms with Crippen LogP contribution in [0.5, 0.6) is 0 Å². The molecule has 3 atom stereocenters. The van der Waals surface area contributed by atoms with Gasteiger partial charge in [-0.15, -0.1) is 0 Å². The minimum absolute atomic E-state index is 0.251. The Bertz CT molecular complexity index is 225. The quantitative estimate of drug-likeness (QED) is 0.753. The molecule has 2 aliphatic rings. The third kappa shape index (κ3) is 2.78. The van der Waals surface area contributed by atoms with Crippen LogP contribution in [0.1, 0.15) is 52.4 Å². The van der Waals surface area contributed by atoms with Gasteiger partial charge >= 0.3 is 0 Å². The third-order valence-electron chi connectivity index (χ3n) is 4.87. The van der Waals surface area contributed by atoms with Gasteiger partial charge in [0.05, 0.1) is 0 Å². The van der Waals surface area contributed by atoms with Crippen LogP contribution in [-0.4, -0.2) is 18.6 Å². The molecule has 3 N–H and O–H groups in total. The summed E-state index contributed by atoms with van der Waals surface area (Å²) in [5.41, 5.74) is 6.30. The predicted molar refractivity (Wildman–Crippen MR) is 69.3 cm³/mol. The lowest BCUT2D eigenvalue weighted by molar-refractivity contribution is 0.129. The van der Waals surface area contributed by atoms with Crippen molar-refractivity contribution in [2.75, 3.05) is 13.1 Å².